The lowest BCUT2D eigenvalue weighted by atomic mass is 9.95. The maximum Gasteiger partial charge on any atom is 0.337 e. The number of aryl methyl sites for hydroxylation is 1. The SMILES string of the molecule is COC(=O)c1ccc(Cl)c(NC(=O)C2CCN(Cc3ccccc3C)CC2)c1. The highest BCUT2D eigenvalue weighted by Gasteiger charge is 2.26. The summed E-state index contributed by atoms with van der Waals surface area (Å²) in [4.78, 5) is 26.8. The fraction of sp³-hybridized carbons (Fsp3) is 0.364. The van der Waals surface area contributed by atoms with Crippen molar-refractivity contribution in [2.75, 3.05) is 25.5 Å². The number of methoxy groups -OCH3 is 1. The second kappa shape index (κ2) is 9.22. The molecule has 148 valence electrons. The Hall–Kier alpha value is -2.37. The lowest BCUT2D eigenvalue weighted by Crippen LogP contribution is -2.37. The molecule has 1 aliphatic rings. The Morgan fingerprint density at radius 1 is 1.18 bits per heavy atom. The van der Waals surface area contributed by atoms with Gasteiger partial charge in [-0.25, -0.2) is 4.79 Å². The average Bonchev–Trinajstić information content (AvgIpc) is 2.71. The van der Waals surface area contributed by atoms with Crippen molar-refractivity contribution in [3.63, 3.8) is 0 Å². The molecule has 0 atom stereocenters. The molecule has 0 radical (unpaired) electrons. The molecule has 1 fully saturated rings. The molecule has 0 bridgehead atoms. The van der Waals surface area contributed by atoms with E-state index in [4.69, 9.17) is 16.3 Å². The van der Waals surface area contributed by atoms with Crippen LogP contribution in [0.15, 0.2) is 42.5 Å². The highest BCUT2D eigenvalue weighted by molar-refractivity contribution is 6.33. The number of benzene rings is 2. The number of likely N-dealkylation sites (tertiary alicyclic amines) is 1. The summed E-state index contributed by atoms with van der Waals surface area (Å²) in [5, 5.41) is 3.28. The van der Waals surface area contributed by atoms with Crippen LogP contribution in [0.5, 0.6) is 0 Å². The van der Waals surface area contributed by atoms with Crippen molar-refractivity contribution in [3.05, 3.63) is 64.2 Å². The van der Waals surface area contributed by atoms with Gasteiger partial charge in [0.05, 0.1) is 23.4 Å². The number of hydrogen-bond donors (Lipinski definition) is 1. The van der Waals surface area contributed by atoms with Crippen molar-refractivity contribution in [1.29, 1.82) is 0 Å². The van der Waals surface area contributed by atoms with Gasteiger partial charge in [0.15, 0.2) is 0 Å². The van der Waals surface area contributed by atoms with Gasteiger partial charge < -0.3 is 10.1 Å². The molecule has 3 rings (SSSR count). The van der Waals surface area contributed by atoms with E-state index in [1.54, 1.807) is 18.2 Å². The van der Waals surface area contributed by atoms with Crippen LogP contribution >= 0.6 is 11.6 Å². The molecule has 1 heterocycles. The molecule has 2 aromatic rings. The summed E-state index contributed by atoms with van der Waals surface area (Å²) in [6.45, 7) is 4.79. The molecule has 0 unspecified atom stereocenters. The standard InChI is InChI=1S/C22H25ClN2O3/c1-15-5-3-4-6-18(15)14-25-11-9-16(10-12-25)21(26)24-20-13-17(22(27)28-2)7-8-19(20)23/h3-8,13,16H,9-12,14H2,1-2H3,(H,24,26). The Morgan fingerprint density at radius 3 is 2.57 bits per heavy atom. The van der Waals surface area contributed by atoms with Gasteiger partial charge in [0.25, 0.3) is 0 Å². The number of esters is 1. The van der Waals surface area contributed by atoms with E-state index in [0.717, 1.165) is 32.5 Å². The fourth-order valence-corrected chi connectivity index (χ4v) is 3.65. The summed E-state index contributed by atoms with van der Waals surface area (Å²) in [6.07, 6.45) is 1.60. The van der Waals surface area contributed by atoms with Crippen LogP contribution in [0.1, 0.15) is 34.3 Å². The number of hydrogen-bond acceptors (Lipinski definition) is 4. The Morgan fingerprint density at radius 2 is 1.89 bits per heavy atom. The van der Waals surface area contributed by atoms with Crippen LogP contribution in [-0.2, 0) is 16.1 Å². The van der Waals surface area contributed by atoms with E-state index in [1.807, 2.05) is 0 Å². The number of ether oxygens (including phenoxy) is 1. The first-order valence-corrected chi connectivity index (χ1v) is 9.81. The molecule has 0 spiro atoms. The number of amides is 1. The number of rotatable bonds is 5. The third-order valence-electron chi connectivity index (χ3n) is 5.26. The van der Waals surface area contributed by atoms with Crippen LogP contribution in [0.25, 0.3) is 0 Å². The monoisotopic (exact) mass is 400 g/mol. The minimum Gasteiger partial charge on any atom is -0.465 e. The van der Waals surface area contributed by atoms with Gasteiger partial charge in [0.2, 0.25) is 5.91 Å². The van der Waals surface area contributed by atoms with E-state index in [0.29, 0.717) is 16.3 Å². The van der Waals surface area contributed by atoms with Gasteiger partial charge in [-0.05, 0) is 62.2 Å². The molecule has 1 N–H and O–H groups in total. The van der Waals surface area contributed by atoms with Crippen LogP contribution in [0.4, 0.5) is 5.69 Å². The molecule has 2 aromatic carbocycles. The molecule has 28 heavy (non-hydrogen) atoms. The summed E-state index contributed by atoms with van der Waals surface area (Å²) in [7, 11) is 1.32. The average molecular weight is 401 g/mol. The van der Waals surface area contributed by atoms with E-state index in [2.05, 4.69) is 41.4 Å². The van der Waals surface area contributed by atoms with Gasteiger partial charge in [-0.15, -0.1) is 0 Å². The molecule has 1 saturated heterocycles. The van der Waals surface area contributed by atoms with Gasteiger partial charge >= 0.3 is 5.97 Å². The first-order valence-electron chi connectivity index (χ1n) is 9.43. The summed E-state index contributed by atoms with van der Waals surface area (Å²) < 4.78 is 4.72. The molecule has 0 aliphatic carbocycles. The first-order chi connectivity index (χ1) is 13.5. The number of anilines is 1. The minimum atomic E-state index is -0.461. The van der Waals surface area contributed by atoms with Crippen LogP contribution in [-0.4, -0.2) is 37.0 Å². The van der Waals surface area contributed by atoms with Crippen LogP contribution in [0.2, 0.25) is 5.02 Å². The predicted octanol–water partition coefficient (Wildman–Crippen LogP) is 4.29. The van der Waals surface area contributed by atoms with Crippen molar-refractivity contribution in [3.8, 4) is 0 Å². The van der Waals surface area contributed by atoms with E-state index >= 15 is 0 Å². The zero-order valence-corrected chi connectivity index (χ0v) is 17.0. The van der Waals surface area contributed by atoms with E-state index in [9.17, 15) is 9.59 Å². The molecule has 1 amide bonds. The highest BCUT2D eigenvalue weighted by atomic mass is 35.5. The largest absolute Gasteiger partial charge is 0.465 e. The van der Waals surface area contributed by atoms with Crippen LogP contribution in [0.3, 0.4) is 0 Å². The summed E-state index contributed by atoms with van der Waals surface area (Å²) in [5.41, 5.74) is 3.42. The fourth-order valence-electron chi connectivity index (χ4n) is 3.48. The minimum absolute atomic E-state index is 0.0561. The first kappa shape index (κ1) is 20.4. The number of nitrogens with zero attached hydrogens (tertiary/aromatic N) is 1. The maximum absolute atomic E-state index is 12.7. The zero-order valence-electron chi connectivity index (χ0n) is 16.2. The summed E-state index contributed by atoms with van der Waals surface area (Å²) >= 11 is 6.18. The Balaban J connectivity index is 1.57. The lowest BCUT2D eigenvalue weighted by Gasteiger charge is -2.31. The maximum atomic E-state index is 12.7. The lowest BCUT2D eigenvalue weighted by molar-refractivity contribution is -0.121. The van der Waals surface area contributed by atoms with Gasteiger partial charge in [-0.2, -0.15) is 0 Å². The van der Waals surface area contributed by atoms with Crippen molar-refractivity contribution in [1.82, 2.24) is 4.90 Å². The summed E-state index contributed by atoms with van der Waals surface area (Å²) in [6, 6.07) is 13.1. The van der Waals surface area contributed by atoms with E-state index in [1.165, 1.54) is 18.2 Å². The van der Waals surface area contributed by atoms with Gasteiger partial charge in [-0.1, -0.05) is 35.9 Å². The smallest absolute Gasteiger partial charge is 0.337 e. The number of carbonyl (C=O) groups excluding carboxylic acids is 2. The highest BCUT2D eigenvalue weighted by Crippen LogP contribution is 2.26. The van der Waals surface area contributed by atoms with E-state index in [-0.39, 0.29) is 11.8 Å². The molecule has 5 nitrogen and oxygen atoms in total. The third kappa shape index (κ3) is 4.91. The van der Waals surface area contributed by atoms with Gasteiger partial charge in [0.1, 0.15) is 0 Å². The van der Waals surface area contributed by atoms with Crippen molar-refractivity contribution in [2.45, 2.75) is 26.3 Å². The zero-order chi connectivity index (χ0) is 20.1. The number of carbonyl (C=O) groups is 2. The Bertz CT molecular complexity index is 861. The van der Waals surface area contributed by atoms with Crippen molar-refractivity contribution < 1.29 is 14.3 Å². The Kier molecular flexibility index (Phi) is 6.70. The predicted molar refractivity (Wildman–Crippen MR) is 111 cm³/mol. The number of nitrogens with one attached hydrogen (secondary N) is 1. The van der Waals surface area contributed by atoms with Crippen LogP contribution < -0.4 is 5.32 Å². The molecule has 6 heteroatoms. The quantitative estimate of drug-likeness (QED) is 0.761. The summed E-state index contributed by atoms with van der Waals surface area (Å²) in [5.74, 6) is -0.581. The second-order valence-electron chi connectivity index (χ2n) is 7.15. The molecule has 0 saturated carbocycles. The van der Waals surface area contributed by atoms with Crippen molar-refractivity contribution in [2.24, 2.45) is 5.92 Å². The second-order valence-corrected chi connectivity index (χ2v) is 7.56. The van der Waals surface area contributed by atoms with Crippen molar-refractivity contribution >= 4 is 29.2 Å². The van der Waals surface area contributed by atoms with Gasteiger partial charge in [0, 0.05) is 12.5 Å². The normalized spacial score (nSPS) is 15.2. The van der Waals surface area contributed by atoms with E-state index < -0.39 is 5.97 Å². The number of piperidine rings is 1. The van der Waals surface area contributed by atoms with Gasteiger partial charge in [-0.3, -0.25) is 9.69 Å². The van der Waals surface area contributed by atoms with Crippen LogP contribution in [0, 0.1) is 12.8 Å². The molecular weight excluding hydrogens is 376 g/mol. The Labute approximate surface area is 170 Å². The molecular formula is C22H25ClN2O3. The molecule has 1 aliphatic heterocycles. The number of halogens is 1. The molecule has 0 aromatic heterocycles. The third-order valence-corrected chi connectivity index (χ3v) is 5.59. The topological polar surface area (TPSA) is 58.6 Å².